The van der Waals surface area contributed by atoms with Crippen molar-refractivity contribution < 1.29 is 0 Å². The zero-order valence-electron chi connectivity index (χ0n) is 13.1. The minimum atomic E-state index is -0.632. The lowest BCUT2D eigenvalue weighted by Gasteiger charge is -2.21. The number of hydrogen-bond acceptors (Lipinski definition) is 1. The molecule has 0 aliphatic heterocycles. The average molecular weight is 328 g/mol. The number of aromatic amines is 1. The molecule has 0 bridgehead atoms. The third kappa shape index (κ3) is 2.89. The van der Waals surface area contributed by atoms with Gasteiger partial charge in [0.25, 0.3) is 0 Å². The van der Waals surface area contributed by atoms with E-state index in [4.69, 9.17) is 0 Å². The van der Waals surface area contributed by atoms with E-state index in [2.05, 4.69) is 94.9 Å². The maximum absolute atomic E-state index is 4.47. The summed E-state index contributed by atoms with van der Waals surface area (Å²) < 4.78 is 0. The van der Waals surface area contributed by atoms with Crippen molar-refractivity contribution in [2.24, 2.45) is 0 Å². The van der Waals surface area contributed by atoms with Crippen LogP contribution in [0.2, 0.25) is 0 Å². The monoisotopic (exact) mass is 328 g/mol. The normalized spacial score (nSPS) is 10.9. The van der Waals surface area contributed by atoms with Crippen molar-refractivity contribution in [3.63, 3.8) is 0 Å². The van der Waals surface area contributed by atoms with Gasteiger partial charge in [0.05, 0.1) is 0 Å². The molecular weight excluding hydrogens is 311 g/mol. The van der Waals surface area contributed by atoms with Crippen LogP contribution in [0.3, 0.4) is 0 Å². The molecule has 0 aliphatic carbocycles. The van der Waals surface area contributed by atoms with Gasteiger partial charge in [-0.3, -0.25) is 0 Å². The van der Waals surface area contributed by atoms with Crippen molar-refractivity contribution in [3.05, 3.63) is 97.3 Å². The average Bonchev–Trinajstić information content (AvgIpc) is 3.19. The van der Waals surface area contributed by atoms with Crippen molar-refractivity contribution >= 4 is 23.8 Å². The Morgan fingerprint density at radius 3 is 1.83 bits per heavy atom. The molecule has 4 aromatic rings. The maximum Gasteiger partial charge on any atom is 0.137 e. The number of hydrogen-bond donors (Lipinski definition) is 1. The van der Waals surface area contributed by atoms with Gasteiger partial charge in [0, 0.05) is 18.0 Å². The zero-order chi connectivity index (χ0) is 16.2. The van der Waals surface area contributed by atoms with Gasteiger partial charge in [-0.2, -0.15) is 0 Å². The van der Waals surface area contributed by atoms with Crippen LogP contribution in [0.25, 0.3) is 11.4 Å². The Bertz CT molecular complexity index is 864. The SMILES string of the molecule is c1ccc(P(c2ccccc2)c2ccccc2-c2ncc[nH]2)cc1. The van der Waals surface area contributed by atoms with Gasteiger partial charge in [-0.15, -0.1) is 0 Å². The summed E-state index contributed by atoms with van der Waals surface area (Å²) in [5.74, 6) is 0.921. The Morgan fingerprint density at radius 1 is 0.667 bits per heavy atom. The first-order chi connectivity index (χ1) is 11.9. The van der Waals surface area contributed by atoms with E-state index in [9.17, 15) is 0 Å². The summed E-state index contributed by atoms with van der Waals surface area (Å²) >= 11 is 0. The first-order valence-corrected chi connectivity index (χ1v) is 9.26. The van der Waals surface area contributed by atoms with Crippen LogP contribution in [0.15, 0.2) is 97.3 Å². The summed E-state index contributed by atoms with van der Waals surface area (Å²) in [7, 11) is -0.632. The highest BCUT2D eigenvalue weighted by Gasteiger charge is 2.20. The lowest BCUT2D eigenvalue weighted by molar-refractivity contribution is 1.32. The Balaban J connectivity index is 1.93. The molecule has 1 aromatic heterocycles. The van der Waals surface area contributed by atoms with Gasteiger partial charge in [0.15, 0.2) is 0 Å². The molecule has 0 saturated carbocycles. The number of rotatable bonds is 4. The lowest BCUT2D eigenvalue weighted by atomic mass is 10.2. The third-order valence-corrected chi connectivity index (χ3v) is 6.43. The molecule has 0 spiro atoms. The van der Waals surface area contributed by atoms with E-state index in [0.29, 0.717) is 0 Å². The molecule has 3 heteroatoms. The predicted molar refractivity (Wildman–Crippen MR) is 103 cm³/mol. The molecule has 4 rings (SSSR count). The number of aromatic nitrogens is 2. The summed E-state index contributed by atoms with van der Waals surface area (Å²) in [6.07, 6.45) is 3.68. The molecule has 116 valence electrons. The second kappa shape index (κ2) is 6.82. The molecule has 2 nitrogen and oxygen atoms in total. The first-order valence-electron chi connectivity index (χ1n) is 7.92. The third-order valence-electron chi connectivity index (χ3n) is 3.93. The van der Waals surface area contributed by atoms with Gasteiger partial charge in [0.1, 0.15) is 5.82 Å². The van der Waals surface area contributed by atoms with E-state index >= 15 is 0 Å². The molecular formula is C21H17N2P. The Hall–Kier alpha value is -2.70. The summed E-state index contributed by atoms with van der Waals surface area (Å²) in [5, 5.41) is 4.01. The second-order valence-electron chi connectivity index (χ2n) is 5.46. The molecule has 0 saturated heterocycles. The van der Waals surface area contributed by atoms with E-state index in [-0.39, 0.29) is 0 Å². The molecule has 0 fully saturated rings. The summed E-state index contributed by atoms with van der Waals surface area (Å²) in [6.45, 7) is 0. The highest BCUT2D eigenvalue weighted by Crippen LogP contribution is 2.36. The lowest BCUT2D eigenvalue weighted by Crippen LogP contribution is -2.22. The fraction of sp³-hybridized carbons (Fsp3) is 0. The zero-order valence-corrected chi connectivity index (χ0v) is 14.0. The summed E-state index contributed by atoms with van der Waals surface area (Å²) in [4.78, 5) is 7.72. The number of imidazole rings is 1. The first kappa shape index (κ1) is 14.9. The van der Waals surface area contributed by atoms with Gasteiger partial charge in [-0.25, -0.2) is 4.98 Å². The van der Waals surface area contributed by atoms with Crippen molar-refractivity contribution in [1.29, 1.82) is 0 Å². The molecule has 1 heterocycles. The van der Waals surface area contributed by atoms with E-state index in [0.717, 1.165) is 5.82 Å². The number of benzene rings is 3. The molecule has 0 atom stereocenters. The van der Waals surface area contributed by atoms with Crippen LogP contribution in [0.4, 0.5) is 0 Å². The number of nitrogens with zero attached hydrogens (tertiary/aromatic N) is 1. The van der Waals surface area contributed by atoms with E-state index in [1.807, 2.05) is 6.20 Å². The molecule has 0 radical (unpaired) electrons. The minimum Gasteiger partial charge on any atom is -0.345 e. The van der Waals surface area contributed by atoms with Crippen LogP contribution < -0.4 is 15.9 Å². The molecule has 1 N–H and O–H groups in total. The fourth-order valence-corrected chi connectivity index (χ4v) is 5.31. The summed E-state index contributed by atoms with van der Waals surface area (Å²) in [6, 6.07) is 30.0. The predicted octanol–water partition coefficient (Wildman–Crippen LogP) is 3.83. The largest absolute Gasteiger partial charge is 0.345 e. The number of H-pyrrole nitrogens is 1. The minimum absolute atomic E-state index is 0.632. The van der Waals surface area contributed by atoms with Gasteiger partial charge in [-0.1, -0.05) is 84.9 Å². The highest BCUT2D eigenvalue weighted by atomic mass is 31.1. The highest BCUT2D eigenvalue weighted by molar-refractivity contribution is 7.80. The van der Waals surface area contributed by atoms with Gasteiger partial charge in [0.2, 0.25) is 0 Å². The molecule has 0 amide bonds. The van der Waals surface area contributed by atoms with Crippen molar-refractivity contribution in [1.82, 2.24) is 9.97 Å². The molecule has 0 unspecified atom stereocenters. The maximum atomic E-state index is 4.47. The van der Waals surface area contributed by atoms with E-state index in [1.54, 1.807) is 6.20 Å². The summed E-state index contributed by atoms with van der Waals surface area (Å²) in [5.41, 5.74) is 1.17. The molecule has 3 aromatic carbocycles. The van der Waals surface area contributed by atoms with Crippen molar-refractivity contribution in [2.45, 2.75) is 0 Å². The number of nitrogens with one attached hydrogen (secondary N) is 1. The van der Waals surface area contributed by atoms with Gasteiger partial charge < -0.3 is 4.98 Å². The second-order valence-corrected chi connectivity index (χ2v) is 7.65. The smallest absolute Gasteiger partial charge is 0.137 e. The van der Waals surface area contributed by atoms with Crippen LogP contribution in [0.5, 0.6) is 0 Å². The molecule has 0 aliphatic rings. The Kier molecular flexibility index (Phi) is 4.22. The quantitative estimate of drug-likeness (QED) is 0.567. The fourth-order valence-electron chi connectivity index (χ4n) is 2.86. The van der Waals surface area contributed by atoms with Crippen LogP contribution >= 0.6 is 7.92 Å². The standard InChI is InChI=1S/C21H17N2P/c1-3-9-17(10-4-1)24(18-11-5-2-6-12-18)20-14-8-7-13-19(20)21-22-15-16-23-21/h1-16H,(H,22,23). The van der Waals surface area contributed by atoms with Crippen LogP contribution in [0, 0.1) is 0 Å². The van der Waals surface area contributed by atoms with E-state index < -0.39 is 7.92 Å². The van der Waals surface area contributed by atoms with Crippen LogP contribution in [-0.4, -0.2) is 9.97 Å². The van der Waals surface area contributed by atoms with E-state index in [1.165, 1.54) is 21.5 Å². The van der Waals surface area contributed by atoms with Gasteiger partial charge >= 0.3 is 0 Å². The Labute approximate surface area is 143 Å². The van der Waals surface area contributed by atoms with Crippen molar-refractivity contribution in [2.75, 3.05) is 0 Å². The topological polar surface area (TPSA) is 28.7 Å². The van der Waals surface area contributed by atoms with Crippen molar-refractivity contribution in [3.8, 4) is 11.4 Å². The van der Waals surface area contributed by atoms with Gasteiger partial charge in [-0.05, 0) is 23.8 Å². The van der Waals surface area contributed by atoms with Crippen LogP contribution in [-0.2, 0) is 0 Å². The van der Waals surface area contributed by atoms with Crippen LogP contribution in [0.1, 0.15) is 0 Å². The molecule has 24 heavy (non-hydrogen) atoms. The Morgan fingerprint density at radius 2 is 1.25 bits per heavy atom.